The van der Waals surface area contributed by atoms with Gasteiger partial charge in [0.05, 0.1) is 27.7 Å². The highest BCUT2D eigenvalue weighted by molar-refractivity contribution is 6.33. The van der Waals surface area contributed by atoms with E-state index in [-0.39, 0.29) is 94.8 Å². The van der Waals surface area contributed by atoms with Crippen molar-refractivity contribution in [1.82, 2.24) is 34.0 Å². The quantitative estimate of drug-likeness (QED) is 0.223. The maximum Gasteiger partial charge on any atom is 0.586 e. The Balaban J connectivity index is 1.26. The summed E-state index contributed by atoms with van der Waals surface area (Å²) in [6.45, 7) is 3.22. The molecule has 5 aromatic rings. The lowest BCUT2D eigenvalue weighted by atomic mass is 10.2. The fraction of sp³-hybridized carbons (Fsp3) is 0.303. The second-order valence-corrected chi connectivity index (χ2v) is 12.6. The van der Waals surface area contributed by atoms with Gasteiger partial charge in [0, 0.05) is 31.7 Å². The van der Waals surface area contributed by atoms with Crippen molar-refractivity contribution in [3.63, 3.8) is 0 Å². The first-order valence-corrected chi connectivity index (χ1v) is 16.6. The van der Waals surface area contributed by atoms with E-state index in [2.05, 4.69) is 34.8 Å². The topological polar surface area (TPSA) is 169 Å². The minimum Gasteiger partial charge on any atom is -0.504 e. The molecular weight excluding hydrogens is 749 g/mol. The maximum atomic E-state index is 14.3. The lowest BCUT2D eigenvalue weighted by molar-refractivity contribution is -0.286. The van der Waals surface area contributed by atoms with Gasteiger partial charge in [-0.3, -0.25) is 14.4 Å². The van der Waals surface area contributed by atoms with Gasteiger partial charge in [-0.25, -0.2) is 9.97 Å². The molecule has 3 aromatic heterocycles. The lowest BCUT2D eigenvalue weighted by Crippen LogP contribution is -2.51. The molecule has 0 spiro atoms. The van der Waals surface area contributed by atoms with Gasteiger partial charge < -0.3 is 34.3 Å². The van der Waals surface area contributed by atoms with Gasteiger partial charge in [-0.2, -0.15) is 22.7 Å². The number of alkyl halides is 5. The highest BCUT2D eigenvalue weighted by Gasteiger charge is 2.43. The molecule has 5 heterocycles. The average molecular weight is 776 g/mol. The van der Waals surface area contributed by atoms with Crippen molar-refractivity contribution in [2.45, 2.75) is 39.3 Å². The van der Waals surface area contributed by atoms with Gasteiger partial charge in [0.15, 0.2) is 28.8 Å². The molecule has 54 heavy (non-hydrogen) atoms. The number of aromatic nitrogens is 6. The molecule has 2 N–H and O–H groups in total. The summed E-state index contributed by atoms with van der Waals surface area (Å²) < 4.78 is 78.5. The van der Waals surface area contributed by atoms with Crippen LogP contribution in [0.15, 0.2) is 47.5 Å². The van der Waals surface area contributed by atoms with Gasteiger partial charge in [0.2, 0.25) is 11.7 Å². The third-order valence-electron chi connectivity index (χ3n) is 8.78. The molecule has 0 saturated carbocycles. The predicted octanol–water partition coefficient (Wildman–Crippen LogP) is 4.52. The molecule has 1 saturated heterocycles. The van der Waals surface area contributed by atoms with Crippen molar-refractivity contribution in [2.24, 2.45) is 0 Å². The molecule has 0 aliphatic carbocycles. The Morgan fingerprint density at radius 1 is 1.04 bits per heavy atom. The van der Waals surface area contributed by atoms with Crippen LogP contribution < -0.4 is 25.2 Å². The molecule has 2 aromatic carbocycles. The number of nitrogens with one attached hydrogen (secondary N) is 1. The zero-order chi connectivity index (χ0) is 38.7. The van der Waals surface area contributed by atoms with E-state index < -0.39 is 42.0 Å². The Labute approximate surface area is 305 Å². The number of rotatable bonds is 7. The number of aryl methyl sites for hydroxylation is 1. The van der Waals surface area contributed by atoms with Gasteiger partial charge in [-0.1, -0.05) is 18.5 Å². The van der Waals surface area contributed by atoms with Gasteiger partial charge in [-0.15, -0.1) is 13.9 Å². The highest BCUT2D eigenvalue weighted by Crippen LogP contribution is 2.42. The molecular formula is C33H27ClF5N9O6. The van der Waals surface area contributed by atoms with Crippen molar-refractivity contribution < 1.29 is 46.1 Å². The van der Waals surface area contributed by atoms with Crippen molar-refractivity contribution in [3.05, 3.63) is 80.7 Å². The summed E-state index contributed by atoms with van der Waals surface area (Å²) in [5, 5.41) is 16.9. The number of aromatic hydroxyl groups is 1. The fourth-order valence-corrected chi connectivity index (χ4v) is 6.40. The zero-order valence-corrected chi connectivity index (χ0v) is 28.9. The maximum absolute atomic E-state index is 14.3. The van der Waals surface area contributed by atoms with Gasteiger partial charge >= 0.3 is 12.5 Å². The molecule has 0 radical (unpaired) electrons. The molecule has 2 aliphatic rings. The van der Waals surface area contributed by atoms with Crippen LogP contribution in [-0.2, 0) is 23.9 Å². The number of amides is 2. The standard InChI is InChI=1S/C33H27ClF5N9O6/c1-3-21-26(45-8-10-46(11-9-45)29(51)25-27(50)16(2)40-15-41-25)30(52)48-31(43-28(44-48)17-4-7-22-23(12-17)54-33(38,39)53-22)47(21)14-24(49)42-20-6-5-18(13-19(20)34)32(35,36)37/h4-7,12-13,15,50H,3,8-11,14H2,1-2H3,(H,42,49). The Hall–Kier alpha value is -6.05. The number of ether oxygens (including phenoxy) is 2. The number of halogens is 6. The first-order valence-electron chi connectivity index (χ1n) is 16.2. The van der Waals surface area contributed by atoms with E-state index in [1.807, 2.05) is 0 Å². The van der Waals surface area contributed by atoms with Gasteiger partial charge in [0.1, 0.15) is 18.6 Å². The number of carbonyl (C=O) groups excluding carboxylic acids is 2. The second kappa shape index (κ2) is 13.4. The summed E-state index contributed by atoms with van der Waals surface area (Å²) in [4.78, 5) is 56.5. The van der Waals surface area contributed by atoms with Crippen molar-refractivity contribution >= 4 is 40.6 Å². The summed E-state index contributed by atoms with van der Waals surface area (Å²) in [7, 11) is 0. The van der Waals surface area contributed by atoms with E-state index in [9.17, 15) is 41.4 Å². The molecule has 282 valence electrons. The van der Waals surface area contributed by atoms with E-state index in [1.54, 1.807) is 11.8 Å². The number of nitrogens with zero attached hydrogens (tertiary/aromatic N) is 8. The predicted molar refractivity (Wildman–Crippen MR) is 180 cm³/mol. The Morgan fingerprint density at radius 2 is 1.76 bits per heavy atom. The normalized spacial score (nSPS) is 15.2. The van der Waals surface area contributed by atoms with Crippen LogP contribution in [0.25, 0.3) is 17.2 Å². The van der Waals surface area contributed by atoms with Crippen LogP contribution in [0.1, 0.15) is 34.4 Å². The van der Waals surface area contributed by atoms with E-state index in [4.69, 9.17) is 11.6 Å². The van der Waals surface area contributed by atoms with Crippen molar-refractivity contribution in [1.29, 1.82) is 0 Å². The van der Waals surface area contributed by atoms with Crippen LogP contribution in [-0.4, -0.2) is 83.4 Å². The van der Waals surface area contributed by atoms with E-state index in [0.717, 1.165) is 23.0 Å². The molecule has 0 bridgehead atoms. The summed E-state index contributed by atoms with van der Waals surface area (Å²) in [6, 6.07) is 6.25. The molecule has 15 nitrogen and oxygen atoms in total. The average Bonchev–Trinajstić information content (AvgIpc) is 3.71. The van der Waals surface area contributed by atoms with Crippen LogP contribution in [0, 0.1) is 6.92 Å². The third kappa shape index (κ3) is 6.67. The lowest BCUT2D eigenvalue weighted by Gasteiger charge is -2.36. The molecule has 0 atom stereocenters. The second-order valence-electron chi connectivity index (χ2n) is 12.2. The summed E-state index contributed by atoms with van der Waals surface area (Å²) in [5.41, 5.74) is -1.08. The van der Waals surface area contributed by atoms with Gasteiger partial charge in [-0.05, 0) is 49.7 Å². The van der Waals surface area contributed by atoms with Crippen LogP contribution in [0.5, 0.6) is 17.2 Å². The third-order valence-corrected chi connectivity index (χ3v) is 9.10. The van der Waals surface area contributed by atoms with Crippen LogP contribution in [0.3, 0.4) is 0 Å². The Kier molecular flexibility index (Phi) is 9.02. The Morgan fingerprint density at radius 3 is 2.44 bits per heavy atom. The first kappa shape index (κ1) is 36.3. The van der Waals surface area contributed by atoms with Crippen LogP contribution >= 0.6 is 11.6 Å². The number of fused-ring (bicyclic) bond motifs is 2. The SMILES string of the molecule is CCc1c(N2CCN(C(=O)c3ncnc(C)c3O)CC2)c(=O)n2nc(-c3ccc4c(c3)OC(F)(F)O4)nc2n1CC(=O)Nc1ccc(C(F)(F)F)cc1Cl. The molecule has 2 aliphatic heterocycles. The smallest absolute Gasteiger partial charge is 0.504 e. The minimum absolute atomic E-state index is 0.0942. The fourth-order valence-electron chi connectivity index (χ4n) is 6.17. The van der Waals surface area contributed by atoms with Crippen molar-refractivity contribution in [2.75, 3.05) is 36.4 Å². The summed E-state index contributed by atoms with van der Waals surface area (Å²) >= 11 is 6.09. The minimum atomic E-state index is -4.67. The molecule has 7 rings (SSSR count). The van der Waals surface area contributed by atoms with Crippen LogP contribution in [0.2, 0.25) is 5.02 Å². The highest BCUT2D eigenvalue weighted by atomic mass is 35.5. The van der Waals surface area contributed by atoms with Crippen LogP contribution in [0.4, 0.5) is 33.3 Å². The number of hydrogen-bond donors (Lipinski definition) is 2. The van der Waals surface area contributed by atoms with E-state index >= 15 is 0 Å². The monoisotopic (exact) mass is 775 g/mol. The Bertz CT molecular complexity index is 2400. The molecule has 2 amide bonds. The number of carbonyl (C=O) groups is 2. The summed E-state index contributed by atoms with van der Waals surface area (Å²) in [6.07, 6.45) is -7.23. The zero-order valence-electron chi connectivity index (χ0n) is 28.1. The van der Waals surface area contributed by atoms with E-state index in [0.29, 0.717) is 11.8 Å². The number of hydrogen-bond acceptors (Lipinski definition) is 11. The largest absolute Gasteiger partial charge is 0.586 e. The first-order chi connectivity index (χ1) is 25.5. The van der Waals surface area contributed by atoms with E-state index in [1.165, 1.54) is 34.6 Å². The van der Waals surface area contributed by atoms with Gasteiger partial charge in [0.25, 0.3) is 11.5 Å². The number of benzene rings is 2. The van der Waals surface area contributed by atoms with Crippen molar-refractivity contribution in [3.8, 4) is 28.6 Å². The summed E-state index contributed by atoms with van der Waals surface area (Å²) in [5.74, 6) is -2.37. The number of anilines is 2. The molecule has 21 heteroatoms. The molecule has 1 fully saturated rings. The molecule has 0 unspecified atom stereocenters. The number of piperazine rings is 1.